The molecule has 2 heteroatoms. The van der Waals surface area contributed by atoms with Crippen LogP contribution in [0, 0.1) is 5.92 Å². The van der Waals surface area contributed by atoms with Crippen LogP contribution in [0.5, 0.6) is 0 Å². The molecule has 1 unspecified atom stereocenters. The summed E-state index contributed by atoms with van der Waals surface area (Å²) in [6, 6.07) is 10.6. The average molecular weight is 237 g/mol. The van der Waals surface area contributed by atoms with Gasteiger partial charge < -0.3 is 5.32 Å². The highest BCUT2D eigenvalue weighted by Crippen LogP contribution is 2.10. The van der Waals surface area contributed by atoms with Crippen LogP contribution < -0.4 is 5.32 Å². The van der Waals surface area contributed by atoms with Crippen LogP contribution in [0.3, 0.4) is 0 Å². The Morgan fingerprint density at radius 1 is 1.25 bits per heavy atom. The van der Waals surface area contributed by atoms with Crippen molar-refractivity contribution >= 4 is 11.8 Å². The lowest BCUT2D eigenvalue weighted by Crippen LogP contribution is -2.16. The summed E-state index contributed by atoms with van der Waals surface area (Å²) in [5.41, 5.74) is 1.37. The molecule has 0 fully saturated rings. The normalized spacial score (nSPS) is 12.6. The zero-order chi connectivity index (χ0) is 11.6. The van der Waals surface area contributed by atoms with E-state index in [1.54, 1.807) is 0 Å². The summed E-state index contributed by atoms with van der Waals surface area (Å²) in [6.45, 7) is 6.68. The van der Waals surface area contributed by atoms with E-state index in [-0.39, 0.29) is 0 Å². The van der Waals surface area contributed by atoms with E-state index in [4.69, 9.17) is 0 Å². The highest BCUT2D eigenvalue weighted by molar-refractivity contribution is 7.99. The molecule has 0 aromatic heterocycles. The van der Waals surface area contributed by atoms with Gasteiger partial charge in [0.15, 0.2) is 0 Å². The smallest absolute Gasteiger partial charge is 0.0205 e. The fraction of sp³-hybridized carbons (Fsp3) is 0.571. The minimum absolute atomic E-state index is 0.860. The molecule has 16 heavy (non-hydrogen) atoms. The molecule has 1 rings (SSSR count). The largest absolute Gasteiger partial charge is 0.312 e. The Labute approximate surface area is 104 Å². The Kier molecular flexibility index (Phi) is 7.35. The van der Waals surface area contributed by atoms with E-state index in [2.05, 4.69) is 61.3 Å². The molecule has 1 N–H and O–H groups in total. The van der Waals surface area contributed by atoms with Gasteiger partial charge in [0.2, 0.25) is 0 Å². The molecule has 0 bridgehead atoms. The molecule has 0 radical (unpaired) electrons. The topological polar surface area (TPSA) is 12.0 Å². The summed E-state index contributed by atoms with van der Waals surface area (Å²) in [5, 5.41) is 3.47. The fourth-order valence-corrected chi connectivity index (χ4v) is 2.47. The number of benzene rings is 1. The van der Waals surface area contributed by atoms with E-state index in [0.29, 0.717) is 0 Å². The summed E-state index contributed by atoms with van der Waals surface area (Å²) in [6.07, 6.45) is 1.30. The summed E-state index contributed by atoms with van der Waals surface area (Å²) < 4.78 is 0. The van der Waals surface area contributed by atoms with Gasteiger partial charge >= 0.3 is 0 Å². The highest BCUT2D eigenvalue weighted by atomic mass is 32.2. The second-order valence-electron chi connectivity index (χ2n) is 4.25. The molecular weight excluding hydrogens is 214 g/mol. The van der Waals surface area contributed by atoms with Crippen molar-refractivity contribution < 1.29 is 0 Å². The average Bonchev–Trinajstić information content (AvgIpc) is 2.34. The number of hydrogen-bond acceptors (Lipinski definition) is 2. The Bertz CT molecular complexity index is 261. The molecule has 1 aromatic carbocycles. The summed E-state index contributed by atoms with van der Waals surface area (Å²) in [7, 11) is 0. The van der Waals surface area contributed by atoms with Gasteiger partial charge in [-0.3, -0.25) is 0 Å². The minimum atomic E-state index is 0.860. The van der Waals surface area contributed by atoms with Gasteiger partial charge in [-0.1, -0.05) is 50.6 Å². The number of rotatable bonds is 8. The van der Waals surface area contributed by atoms with Crippen molar-refractivity contribution in [1.82, 2.24) is 5.32 Å². The molecule has 0 saturated carbocycles. The van der Waals surface area contributed by atoms with E-state index >= 15 is 0 Å². The Hall–Kier alpha value is -0.470. The summed E-state index contributed by atoms with van der Waals surface area (Å²) in [5.74, 6) is 3.37. The lowest BCUT2D eigenvalue weighted by molar-refractivity contribution is 0.636. The highest BCUT2D eigenvalue weighted by Gasteiger charge is 1.98. The van der Waals surface area contributed by atoms with Crippen LogP contribution >= 0.6 is 11.8 Å². The van der Waals surface area contributed by atoms with Gasteiger partial charge in [0.05, 0.1) is 0 Å². The van der Waals surface area contributed by atoms with Crippen LogP contribution in [0.15, 0.2) is 30.3 Å². The molecule has 0 aliphatic carbocycles. The number of hydrogen-bond donors (Lipinski definition) is 1. The molecule has 0 amide bonds. The van der Waals surface area contributed by atoms with Crippen LogP contribution in [0.2, 0.25) is 0 Å². The number of nitrogens with one attached hydrogen (secondary N) is 1. The lowest BCUT2D eigenvalue weighted by Gasteiger charge is -2.08. The van der Waals surface area contributed by atoms with Gasteiger partial charge in [-0.15, -0.1) is 0 Å². The quantitative estimate of drug-likeness (QED) is 0.694. The van der Waals surface area contributed by atoms with E-state index in [1.165, 1.54) is 23.5 Å². The van der Waals surface area contributed by atoms with Crippen molar-refractivity contribution in [3.63, 3.8) is 0 Å². The first kappa shape index (κ1) is 13.6. The second kappa shape index (κ2) is 8.66. The van der Waals surface area contributed by atoms with Crippen LogP contribution in [0.4, 0.5) is 0 Å². The Morgan fingerprint density at radius 2 is 2.00 bits per heavy atom. The summed E-state index contributed by atoms with van der Waals surface area (Å²) in [4.78, 5) is 0. The van der Waals surface area contributed by atoms with Gasteiger partial charge in [-0.05, 0) is 17.2 Å². The Balaban J connectivity index is 1.96. The predicted molar refractivity (Wildman–Crippen MR) is 74.9 cm³/mol. The third kappa shape index (κ3) is 6.19. The molecule has 1 aromatic rings. The molecule has 90 valence electrons. The maximum absolute atomic E-state index is 3.47. The van der Waals surface area contributed by atoms with E-state index in [0.717, 1.165) is 19.0 Å². The molecule has 0 spiro atoms. The number of thioether (sulfide) groups is 1. The first-order chi connectivity index (χ1) is 7.83. The van der Waals surface area contributed by atoms with E-state index < -0.39 is 0 Å². The van der Waals surface area contributed by atoms with Crippen LogP contribution in [-0.2, 0) is 6.54 Å². The van der Waals surface area contributed by atoms with Gasteiger partial charge in [-0.25, -0.2) is 0 Å². The zero-order valence-corrected chi connectivity index (χ0v) is 11.2. The Morgan fingerprint density at radius 3 is 2.69 bits per heavy atom. The molecule has 0 aliphatic heterocycles. The van der Waals surface area contributed by atoms with Crippen molar-refractivity contribution in [2.45, 2.75) is 26.8 Å². The molecule has 0 saturated heterocycles. The second-order valence-corrected chi connectivity index (χ2v) is 5.40. The van der Waals surface area contributed by atoms with Crippen LogP contribution in [-0.4, -0.2) is 18.1 Å². The molecular formula is C14H23NS. The zero-order valence-electron chi connectivity index (χ0n) is 10.4. The van der Waals surface area contributed by atoms with Crippen molar-refractivity contribution in [2.75, 3.05) is 18.1 Å². The summed E-state index contributed by atoms with van der Waals surface area (Å²) >= 11 is 2.06. The van der Waals surface area contributed by atoms with Crippen molar-refractivity contribution in [2.24, 2.45) is 5.92 Å². The lowest BCUT2D eigenvalue weighted by atomic mass is 10.2. The van der Waals surface area contributed by atoms with E-state index in [9.17, 15) is 0 Å². The van der Waals surface area contributed by atoms with Crippen LogP contribution in [0.1, 0.15) is 25.8 Å². The van der Waals surface area contributed by atoms with Crippen molar-refractivity contribution in [3.05, 3.63) is 35.9 Å². The maximum Gasteiger partial charge on any atom is 0.0205 e. The van der Waals surface area contributed by atoms with E-state index in [1.807, 2.05) is 0 Å². The van der Waals surface area contributed by atoms with Crippen LogP contribution in [0.25, 0.3) is 0 Å². The maximum atomic E-state index is 3.47. The molecule has 0 aliphatic rings. The first-order valence-corrected chi connectivity index (χ1v) is 7.30. The standard InChI is InChI=1S/C14H23NS/c1-3-13(2)12-16-10-9-15-11-14-7-5-4-6-8-14/h4-8,13,15H,3,9-12H2,1-2H3. The molecule has 1 nitrogen and oxygen atoms in total. The third-order valence-corrected chi connectivity index (χ3v) is 3.99. The fourth-order valence-electron chi connectivity index (χ4n) is 1.38. The van der Waals surface area contributed by atoms with Crippen molar-refractivity contribution in [3.8, 4) is 0 Å². The molecule has 1 atom stereocenters. The molecule has 0 heterocycles. The SMILES string of the molecule is CCC(C)CSCCNCc1ccccc1. The first-order valence-electron chi connectivity index (χ1n) is 6.15. The van der Waals surface area contributed by atoms with Crippen molar-refractivity contribution in [1.29, 1.82) is 0 Å². The van der Waals surface area contributed by atoms with Gasteiger partial charge in [0, 0.05) is 18.8 Å². The minimum Gasteiger partial charge on any atom is -0.312 e. The monoisotopic (exact) mass is 237 g/mol. The van der Waals surface area contributed by atoms with Gasteiger partial charge in [0.25, 0.3) is 0 Å². The third-order valence-electron chi connectivity index (χ3n) is 2.69. The van der Waals surface area contributed by atoms with Gasteiger partial charge in [-0.2, -0.15) is 11.8 Å². The predicted octanol–water partition coefficient (Wildman–Crippen LogP) is 3.56. The van der Waals surface area contributed by atoms with Gasteiger partial charge in [0.1, 0.15) is 0 Å².